The van der Waals surface area contributed by atoms with Crippen molar-refractivity contribution in [3.05, 3.63) is 71.3 Å². The van der Waals surface area contributed by atoms with Crippen molar-refractivity contribution in [2.45, 2.75) is 51.7 Å². The lowest BCUT2D eigenvalue weighted by atomic mass is 10.0. The second-order valence-corrected chi connectivity index (χ2v) is 8.36. The van der Waals surface area contributed by atoms with Crippen LogP contribution in [0.4, 0.5) is 4.79 Å². The molecule has 1 aliphatic heterocycles. The average Bonchev–Trinajstić information content (AvgIpc) is 2.79. The van der Waals surface area contributed by atoms with Crippen LogP contribution < -0.4 is 16.0 Å². The number of nitrogens with zero attached hydrogens (tertiary/aromatic N) is 1. The second kappa shape index (κ2) is 11.3. The van der Waals surface area contributed by atoms with Crippen molar-refractivity contribution >= 4 is 17.8 Å². The number of rotatable bonds is 7. The smallest absolute Gasteiger partial charge is 0.317 e. The van der Waals surface area contributed by atoms with Crippen LogP contribution in [0.25, 0.3) is 0 Å². The molecule has 1 heterocycles. The normalized spacial score (nSPS) is 15.0. The molecule has 0 bridgehead atoms. The molecule has 1 atom stereocenters. The third kappa shape index (κ3) is 7.11. The zero-order valence-electron chi connectivity index (χ0n) is 18.8. The van der Waals surface area contributed by atoms with Gasteiger partial charge >= 0.3 is 6.03 Å². The van der Waals surface area contributed by atoms with Gasteiger partial charge in [0.15, 0.2) is 0 Å². The molecule has 32 heavy (non-hydrogen) atoms. The first kappa shape index (κ1) is 23.3. The van der Waals surface area contributed by atoms with Crippen LogP contribution in [0.15, 0.2) is 54.6 Å². The van der Waals surface area contributed by atoms with Crippen molar-refractivity contribution in [2.75, 3.05) is 13.1 Å². The zero-order valence-corrected chi connectivity index (χ0v) is 18.8. The summed E-state index contributed by atoms with van der Waals surface area (Å²) in [6, 6.07) is 17.0. The Balaban J connectivity index is 1.47. The highest BCUT2D eigenvalue weighted by Crippen LogP contribution is 2.12. The van der Waals surface area contributed by atoms with Gasteiger partial charge in [-0.2, -0.15) is 0 Å². The molecule has 7 nitrogen and oxygen atoms in total. The number of nitrogens with one attached hydrogen (secondary N) is 3. The van der Waals surface area contributed by atoms with Gasteiger partial charge in [-0.25, -0.2) is 4.79 Å². The van der Waals surface area contributed by atoms with Gasteiger partial charge in [0, 0.05) is 39.0 Å². The van der Waals surface area contributed by atoms with E-state index in [-0.39, 0.29) is 23.9 Å². The summed E-state index contributed by atoms with van der Waals surface area (Å²) in [5, 5.41) is 8.77. The highest BCUT2D eigenvalue weighted by molar-refractivity contribution is 5.87. The van der Waals surface area contributed by atoms with Crippen LogP contribution in [0.2, 0.25) is 0 Å². The maximum atomic E-state index is 12.9. The minimum Gasteiger partial charge on any atom is -0.351 e. The van der Waals surface area contributed by atoms with Crippen molar-refractivity contribution < 1.29 is 14.4 Å². The molecule has 1 saturated heterocycles. The molecule has 170 valence electrons. The Hall–Kier alpha value is -3.35. The standard InChI is InChI=1S/C25H32N4O3/c1-18-8-10-20(11-9-18)16-23(27-19(2)30)24(31)28-22-12-14-29(15-13-22)25(32)26-17-21-6-4-3-5-7-21/h3-11,22-23H,12-17H2,1-2H3,(H,26,32)(H,27,30)(H,28,31)/t23-/m0/s1. The SMILES string of the molecule is CC(=O)N[C@@H](Cc1ccc(C)cc1)C(=O)NC1CCN(C(=O)NCc2ccccc2)CC1. The van der Waals surface area contributed by atoms with Crippen LogP contribution in [-0.2, 0) is 22.6 Å². The van der Waals surface area contributed by atoms with E-state index in [1.807, 2.05) is 61.5 Å². The molecule has 0 spiro atoms. The fourth-order valence-electron chi connectivity index (χ4n) is 3.83. The van der Waals surface area contributed by atoms with Crippen LogP contribution >= 0.6 is 0 Å². The Morgan fingerprint density at radius 3 is 2.25 bits per heavy atom. The largest absolute Gasteiger partial charge is 0.351 e. The third-order valence-corrected chi connectivity index (χ3v) is 5.67. The summed E-state index contributed by atoms with van der Waals surface area (Å²) in [7, 11) is 0. The number of piperidine rings is 1. The number of carbonyl (C=O) groups excluding carboxylic acids is 3. The van der Waals surface area contributed by atoms with Crippen molar-refractivity contribution in [1.82, 2.24) is 20.9 Å². The Labute approximate surface area is 189 Å². The Bertz CT molecular complexity index is 907. The van der Waals surface area contributed by atoms with Crippen LogP contribution in [0.3, 0.4) is 0 Å². The Morgan fingerprint density at radius 2 is 1.62 bits per heavy atom. The molecule has 0 saturated carbocycles. The van der Waals surface area contributed by atoms with E-state index in [1.165, 1.54) is 6.92 Å². The first-order valence-electron chi connectivity index (χ1n) is 11.1. The third-order valence-electron chi connectivity index (χ3n) is 5.67. The predicted molar refractivity (Wildman–Crippen MR) is 124 cm³/mol. The highest BCUT2D eigenvalue weighted by atomic mass is 16.2. The summed E-state index contributed by atoms with van der Waals surface area (Å²) >= 11 is 0. The topological polar surface area (TPSA) is 90.5 Å². The summed E-state index contributed by atoms with van der Waals surface area (Å²) in [6.45, 7) is 5.08. The maximum absolute atomic E-state index is 12.9. The lowest BCUT2D eigenvalue weighted by Crippen LogP contribution is -2.54. The molecule has 4 amide bonds. The number of hydrogen-bond donors (Lipinski definition) is 3. The molecule has 7 heteroatoms. The number of amides is 4. The van der Waals surface area contributed by atoms with Gasteiger partial charge in [-0.15, -0.1) is 0 Å². The summed E-state index contributed by atoms with van der Waals surface area (Å²) in [6.07, 6.45) is 1.80. The van der Waals surface area contributed by atoms with Crippen molar-refractivity contribution in [2.24, 2.45) is 0 Å². The van der Waals surface area contributed by atoms with Gasteiger partial charge in [-0.1, -0.05) is 60.2 Å². The van der Waals surface area contributed by atoms with E-state index in [9.17, 15) is 14.4 Å². The number of likely N-dealkylation sites (tertiary alicyclic amines) is 1. The molecule has 1 aliphatic rings. The molecule has 3 rings (SSSR count). The first-order chi connectivity index (χ1) is 15.4. The van der Waals surface area contributed by atoms with Gasteiger partial charge in [-0.3, -0.25) is 9.59 Å². The molecule has 0 unspecified atom stereocenters. The summed E-state index contributed by atoms with van der Waals surface area (Å²) in [5.74, 6) is -0.421. The van der Waals surface area contributed by atoms with Gasteiger partial charge in [0.05, 0.1) is 0 Å². The van der Waals surface area contributed by atoms with Crippen molar-refractivity contribution in [3.8, 4) is 0 Å². The Morgan fingerprint density at radius 1 is 0.969 bits per heavy atom. The van der Waals surface area contributed by atoms with Crippen LogP contribution in [0.1, 0.15) is 36.5 Å². The number of hydrogen-bond acceptors (Lipinski definition) is 3. The van der Waals surface area contributed by atoms with E-state index in [0.29, 0.717) is 38.9 Å². The van der Waals surface area contributed by atoms with E-state index < -0.39 is 6.04 Å². The molecule has 3 N–H and O–H groups in total. The van der Waals surface area contributed by atoms with Crippen LogP contribution in [-0.4, -0.2) is 47.9 Å². The molecular formula is C25H32N4O3. The Kier molecular flexibility index (Phi) is 8.25. The summed E-state index contributed by atoms with van der Waals surface area (Å²) in [4.78, 5) is 38.7. The lowest BCUT2D eigenvalue weighted by molar-refractivity contribution is -0.128. The van der Waals surface area contributed by atoms with Gasteiger partial charge in [-0.05, 0) is 30.9 Å². The molecular weight excluding hydrogens is 404 g/mol. The quantitative estimate of drug-likeness (QED) is 0.623. The first-order valence-corrected chi connectivity index (χ1v) is 11.1. The van der Waals surface area contributed by atoms with E-state index in [0.717, 1.165) is 16.7 Å². The van der Waals surface area contributed by atoms with Gasteiger partial charge in [0.25, 0.3) is 0 Å². The number of benzene rings is 2. The van der Waals surface area contributed by atoms with E-state index in [4.69, 9.17) is 0 Å². The lowest BCUT2D eigenvalue weighted by Gasteiger charge is -2.33. The monoisotopic (exact) mass is 436 g/mol. The molecule has 0 radical (unpaired) electrons. The number of carbonyl (C=O) groups is 3. The second-order valence-electron chi connectivity index (χ2n) is 8.36. The van der Waals surface area contributed by atoms with E-state index >= 15 is 0 Å². The summed E-state index contributed by atoms with van der Waals surface area (Å²) in [5.41, 5.74) is 3.20. The maximum Gasteiger partial charge on any atom is 0.317 e. The molecule has 0 aliphatic carbocycles. The van der Waals surface area contributed by atoms with Gasteiger partial charge < -0.3 is 20.9 Å². The van der Waals surface area contributed by atoms with E-state index in [2.05, 4.69) is 16.0 Å². The number of urea groups is 1. The van der Waals surface area contributed by atoms with E-state index in [1.54, 1.807) is 4.90 Å². The van der Waals surface area contributed by atoms with Crippen molar-refractivity contribution in [3.63, 3.8) is 0 Å². The minimum absolute atomic E-state index is 0.0186. The molecule has 2 aromatic rings. The van der Waals surface area contributed by atoms with Crippen molar-refractivity contribution in [1.29, 1.82) is 0 Å². The molecule has 0 aromatic heterocycles. The fraction of sp³-hybridized carbons (Fsp3) is 0.400. The average molecular weight is 437 g/mol. The molecule has 1 fully saturated rings. The predicted octanol–water partition coefficient (Wildman–Crippen LogP) is 2.53. The summed E-state index contributed by atoms with van der Waals surface area (Å²) < 4.78 is 0. The fourth-order valence-corrected chi connectivity index (χ4v) is 3.83. The van der Waals surface area contributed by atoms with Crippen LogP contribution in [0.5, 0.6) is 0 Å². The minimum atomic E-state index is -0.623. The molecule has 2 aromatic carbocycles. The highest BCUT2D eigenvalue weighted by Gasteiger charge is 2.27. The number of aryl methyl sites for hydroxylation is 1. The van der Waals surface area contributed by atoms with Gasteiger partial charge in [0.1, 0.15) is 6.04 Å². The van der Waals surface area contributed by atoms with Gasteiger partial charge in [0.2, 0.25) is 11.8 Å². The zero-order chi connectivity index (χ0) is 22.9. The van der Waals surface area contributed by atoms with Crippen LogP contribution in [0, 0.1) is 6.92 Å².